The summed E-state index contributed by atoms with van der Waals surface area (Å²) >= 11 is 0. The van der Waals surface area contributed by atoms with Gasteiger partial charge in [-0.25, -0.2) is 0 Å². The summed E-state index contributed by atoms with van der Waals surface area (Å²) < 4.78 is 3.66. The molecular weight excluding hydrogens is 244 g/mol. The first-order valence-corrected chi connectivity index (χ1v) is 6.12. The second-order valence-electron chi connectivity index (χ2n) is 4.78. The zero-order valence-electron chi connectivity index (χ0n) is 11.6. The first kappa shape index (κ1) is 13.3. The molecule has 0 atom stereocenters. The van der Waals surface area contributed by atoms with Crippen molar-refractivity contribution in [1.29, 1.82) is 0 Å². The highest BCUT2D eigenvalue weighted by Gasteiger charge is 2.15. The standard InChI is InChI=1S/C13H18N4O2/c1-8-5-11(16(4)14-8)7-17-10(3)12(6-13(18)19)9(2)15-17/h5H,6-7H2,1-4H3,(H,18,19). The molecule has 0 amide bonds. The van der Waals surface area contributed by atoms with Crippen LogP contribution in [0.1, 0.15) is 28.3 Å². The number of hydrogen-bond acceptors (Lipinski definition) is 3. The van der Waals surface area contributed by atoms with Crippen LogP contribution in [0.3, 0.4) is 0 Å². The van der Waals surface area contributed by atoms with Crippen LogP contribution in [0.2, 0.25) is 0 Å². The minimum absolute atomic E-state index is 0.0160. The fourth-order valence-electron chi connectivity index (χ4n) is 2.26. The van der Waals surface area contributed by atoms with E-state index in [1.165, 1.54) is 0 Å². The van der Waals surface area contributed by atoms with Crippen LogP contribution in [0.15, 0.2) is 6.07 Å². The fraction of sp³-hybridized carbons (Fsp3) is 0.462. The summed E-state index contributed by atoms with van der Waals surface area (Å²) in [5.41, 5.74) is 4.48. The fourth-order valence-corrected chi connectivity index (χ4v) is 2.26. The zero-order chi connectivity index (χ0) is 14.2. The van der Waals surface area contributed by atoms with Gasteiger partial charge in [0.05, 0.1) is 30.0 Å². The van der Waals surface area contributed by atoms with Crippen LogP contribution < -0.4 is 0 Å². The van der Waals surface area contributed by atoms with Crippen LogP contribution >= 0.6 is 0 Å². The Hall–Kier alpha value is -2.11. The first-order chi connectivity index (χ1) is 8.88. The van der Waals surface area contributed by atoms with E-state index in [2.05, 4.69) is 10.2 Å². The lowest BCUT2D eigenvalue weighted by Gasteiger charge is -2.05. The molecule has 2 aromatic rings. The summed E-state index contributed by atoms with van der Waals surface area (Å²) in [5.74, 6) is -0.831. The van der Waals surface area contributed by atoms with Crippen LogP contribution in [-0.4, -0.2) is 30.6 Å². The molecule has 0 radical (unpaired) electrons. The predicted octanol–water partition coefficient (Wildman–Crippen LogP) is 1.22. The van der Waals surface area contributed by atoms with E-state index in [9.17, 15) is 4.79 Å². The summed E-state index contributed by atoms with van der Waals surface area (Å²) in [6, 6.07) is 2.01. The minimum atomic E-state index is -0.831. The van der Waals surface area contributed by atoms with Gasteiger partial charge in [-0.3, -0.25) is 14.2 Å². The number of nitrogens with zero attached hydrogens (tertiary/aromatic N) is 4. The van der Waals surface area contributed by atoms with E-state index in [-0.39, 0.29) is 6.42 Å². The van der Waals surface area contributed by atoms with E-state index < -0.39 is 5.97 Å². The summed E-state index contributed by atoms with van der Waals surface area (Å²) in [5, 5.41) is 17.6. The third kappa shape index (κ3) is 2.67. The van der Waals surface area contributed by atoms with Gasteiger partial charge in [0.1, 0.15) is 0 Å². The second-order valence-corrected chi connectivity index (χ2v) is 4.78. The van der Waals surface area contributed by atoms with Crippen molar-refractivity contribution in [2.45, 2.75) is 33.7 Å². The lowest BCUT2D eigenvalue weighted by Crippen LogP contribution is -2.09. The van der Waals surface area contributed by atoms with E-state index in [1.54, 1.807) is 0 Å². The Bertz CT molecular complexity index is 625. The van der Waals surface area contributed by atoms with Gasteiger partial charge < -0.3 is 5.11 Å². The summed E-state index contributed by atoms with van der Waals surface area (Å²) in [4.78, 5) is 10.8. The molecule has 0 bridgehead atoms. The molecule has 0 saturated heterocycles. The second kappa shape index (κ2) is 4.87. The maximum Gasteiger partial charge on any atom is 0.307 e. The molecular formula is C13H18N4O2. The molecule has 102 valence electrons. The molecule has 0 aliphatic heterocycles. The monoisotopic (exact) mass is 262 g/mol. The van der Waals surface area contributed by atoms with Crippen molar-refractivity contribution in [3.05, 3.63) is 34.4 Å². The number of carboxylic acids is 1. The first-order valence-electron chi connectivity index (χ1n) is 6.12. The molecule has 19 heavy (non-hydrogen) atoms. The molecule has 0 aliphatic carbocycles. The van der Waals surface area contributed by atoms with E-state index in [0.717, 1.165) is 28.3 Å². The largest absolute Gasteiger partial charge is 0.481 e. The van der Waals surface area contributed by atoms with Crippen molar-refractivity contribution < 1.29 is 9.90 Å². The molecule has 0 aliphatic rings. The molecule has 0 unspecified atom stereocenters. The molecule has 0 saturated carbocycles. The summed E-state index contributed by atoms with van der Waals surface area (Å²) in [6.07, 6.45) is 0.0160. The molecule has 2 aromatic heterocycles. The number of aromatic nitrogens is 4. The maximum atomic E-state index is 10.8. The molecule has 2 heterocycles. The molecule has 6 heteroatoms. The number of rotatable bonds is 4. The van der Waals surface area contributed by atoms with E-state index >= 15 is 0 Å². The summed E-state index contributed by atoms with van der Waals surface area (Å²) in [7, 11) is 1.90. The summed E-state index contributed by atoms with van der Waals surface area (Å²) in [6.45, 7) is 6.29. The highest BCUT2D eigenvalue weighted by atomic mass is 16.4. The van der Waals surface area contributed by atoms with E-state index in [4.69, 9.17) is 5.11 Å². The molecule has 6 nitrogen and oxygen atoms in total. The van der Waals surface area contributed by atoms with Gasteiger partial charge in [-0.05, 0) is 26.8 Å². The van der Waals surface area contributed by atoms with Gasteiger partial charge in [0.15, 0.2) is 0 Å². The average molecular weight is 262 g/mol. The lowest BCUT2D eigenvalue weighted by molar-refractivity contribution is -0.136. The quantitative estimate of drug-likeness (QED) is 0.899. The molecule has 0 spiro atoms. The highest BCUT2D eigenvalue weighted by Crippen LogP contribution is 2.15. The Morgan fingerprint density at radius 1 is 1.32 bits per heavy atom. The third-order valence-corrected chi connectivity index (χ3v) is 3.27. The van der Waals surface area contributed by atoms with Gasteiger partial charge in [-0.2, -0.15) is 10.2 Å². The zero-order valence-corrected chi connectivity index (χ0v) is 11.6. The minimum Gasteiger partial charge on any atom is -0.481 e. The van der Waals surface area contributed by atoms with Gasteiger partial charge in [-0.1, -0.05) is 0 Å². The van der Waals surface area contributed by atoms with Crippen LogP contribution in [-0.2, 0) is 24.8 Å². The van der Waals surface area contributed by atoms with Crippen LogP contribution in [0.25, 0.3) is 0 Å². The Kier molecular flexibility index (Phi) is 3.42. The Morgan fingerprint density at radius 2 is 2.00 bits per heavy atom. The van der Waals surface area contributed by atoms with Gasteiger partial charge in [-0.15, -0.1) is 0 Å². The van der Waals surface area contributed by atoms with Crippen molar-refractivity contribution in [2.75, 3.05) is 0 Å². The third-order valence-electron chi connectivity index (χ3n) is 3.27. The molecule has 1 N–H and O–H groups in total. The Balaban J connectivity index is 2.31. The molecule has 0 fully saturated rings. The number of aliphatic carboxylic acids is 1. The van der Waals surface area contributed by atoms with Gasteiger partial charge in [0.2, 0.25) is 0 Å². The Morgan fingerprint density at radius 3 is 2.53 bits per heavy atom. The SMILES string of the molecule is Cc1cc(Cn2nc(C)c(CC(=O)O)c2C)n(C)n1. The van der Waals surface area contributed by atoms with Crippen LogP contribution in [0, 0.1) is 20.8 Å². The smallest absolute Gasteiger partial charge is 0.307 e. The predicted molar refractivity (Wildman–Crippen MR) is 70.1 cm³/mol. The van der Waals surface area contributed by atoms with Crippen molar-refractivity contribution in [3.8, 4) is 0 Å². The van der Waals surface area contributed by atoms with Crippen molar-refractivity contribution in [2.24, 2.45) is 7.05 Å². The number of carbonyl (C=O) groups is 1. The molecule has 0 aromatic carbocycles. The number of aryl methyl sites for hydroxylation is 3. The average Bonchev–Trinajstić information content (AvgIpc) is 2.74. The van der Waals surface area contributed by atoms with E-state index in [0.29, 0.717) is 6.54 Å². The van der Waals surface area contributed by atoms with Crippen molar-refractivity contribution in [3.63, 3.8) is 0 Å². The van der Waals surface area contributed by atoms with Crippen LogP contribution in [0.5, 0.6) is 0 Å². The maximum absolute atomic E-state index is 10.8. The van der Waals surface area contributed by atoms with E-state index in [1.807, 2.05) is 43.2 Å². The van der Waals surface area contributed by atoms with Gasteiger partial charge in [0.25, 0.3) is 0 Å². The lowest BCUT2D eigenvalue weighted by atomic mass is 10.1. The molecule has 2 rings (SSSR count). The number of hydrogen-bond donors (Lipinski definition) is 1. The van der Waals surface area contributed by atoms with Gasteiger partial charge in [0, 0.05) is 18.3 Å². The van der Waals surface area contributed by atoms with Crippen molar-refractivity contribution in [1.82, 2.24) is 19.6 Å². The normalized spacial score (nSPS) is 10.9. The van der Waals surface area contributed by atoms with Crippen molar-refractivity contribution >= 4 is 5.97 Å². The van der Waals surface area contributed by atoms with Gasteiger partial charge >= 0.3 is 5.97 Å². The Labute approximate surface area is 111 Å². The highest BCUT2D eigenvalue weighted by molar-refractivity contribution is 5.70. The van der Waals surface area contributed by atoms with Crippen LogP contribution in [0.4, 0.5) is 0 Å². The topological polar surface area (TPSA) is 72.9 Å². The number of carboxylic acid groups (broad SMARTS) is 1.